The first-order chi connectivity index (χ1) is 18.4. The van der Waals surface area contributed by atoms with Crippen LogP contribution in [0.25, 0.3) is 17.2 Å². The Morgan fingerprint density at radius 2 is 1.58 bits per heavy atom. The van der Waals surface area contributed by atoms with Crippen LogP contribution in [0.2, 0.25) is 5.02 Å². The summed E-state index contributed by atoms with van der Waals surface area (Å²) in [7, 11) is -3.59. The fraction of sp³-hybridized carbons (Fsp3) is 0.0667. The molecule has 0 saturated heterocycles. The molecule has 0 radical (unpaired) electrons. The fourth-order valence-corrected chi connectivity index (χ4v) is 6.62. The maximum Gasteiger partial charge on any atom is 0.261 e. The van der Waals surface area contributed by atoms with Crippen molar-refractivity contribution in [1.29, 1.82) is 0 Å². The Morgan fingerprint density at radius 1 is 0.868 bits per heavy atom. The highest BCUT2D eigenvalue weighted by atomic mass is 35.5. The van der Waals surface area contributed by atoms with E-state index in [-0.39, 0.29) is 10.8 Å². The number of benzene rings is 4. The lowest BCUT2D eigenvalue weighted by molar-refractivity contribution is -0.122. The lowest BCUT2D eigenvalue weighted by Crippen LogP contribution is -2.49. The van der Waals surface area contributed by atoms with Gasteiger partial charge < -0.3 is 0 Å². The standard InChI is InChI=1S/C30H22ClN3O3S/c31-22-13-10-19(11-14-22)16-25-28(33-34-30(35)29(25)32-18-20-6-2-1-3-7-20)21-12-15-27-24(17-21)23-8-4-5-9-26(23)38(27,36)37/h1-17,29,32H,18H2,(H,34,35)/b25-16-. The maximum atomic E-state index is 13.1. The molecule has 4 aromatic rings. The van der Waals surface area contributed by atoms with E-state index in [9.17, 15) is 13.2 Å². The fourth-order valence-electron chi connectivity index (χ4n) is 4.82. The van der Waals surface area contributed by atoms with Gasteiger partial charge in [0.25, 0.3) is 5.91 Å². The Balaban J connectivity index is 1.45. The summed E-state index contributed by atoms with van der Waals surface area (Å²) in [6, 6.07) is 28.6. The molecule has 1 amide bonds. The molecule has 0 saturated carbocycles. The third kappa shape index (κ3) is 4.35. The van der Waals surface area contributed by atoms with Crippen molar-refractivity contribution >= 4 is 39.1 Å². The zero-order valence-corrected chi connectivity index (χ0v) is 21.6. The molecule has 0 aromatic heterocycles. The Labute approximate surface area is 225 Å². The molecule has 6 nitrogen and oxygen atoms in total. The Hall–Kier alpha value is -4.04. The number of hydrazone groups is 1. The molecule has 0 aliphatic carbocycles. The number of rotatable bonds is 5. The second-order valence-electron chi connectivity index (χ2n) is 9.10. The molecule has 1 unspecified atom stereocenters. The summed E-state index contributed by atoms with van der Waals surface area (Å²) in [4.78, 5) is 13.6. The van der Waals surface area contributed by atoms with E-state index < -0.39 is 15.9 Å². The minimum atomic E-state index is -3.59. The van der Waals surface area contributed by atoms with Crippen LogP contribution < -0.4 is 10.7 Å². The van der Waals surface area contributed by atoms with Crippen LogP contribution in [0.15, 0.2) is 118 Å². The van der Waals surface area contributed by atoms with Crippen LogP contribution in [0.4, 0.5) is 0 Å². The third-order valence-corrected chi connectivity index (χ3v) is 8.80. The van der Waals surface area contributed by atoms with Crippen molar-refractivity contribution in [2.24, 2.45) is 5.10 Å². The summed E-state index contributed by atoms with van der Waals surface area (Å²) in [5.74, 6) is -0.279. The number of nitrogens with one attached hydrogen (secondary N) is 2. The summed E-state index contributed by atoms with van der Waals surface area (Å²) in [6.07, 6.45) is 1.91. The molecule has 188 valence electrons. The number of nitrogens with zero attached hydrogens (tertiary/aromatic N) is 1. The van der Waals surface area contributed by atoms with Crippen LogP contribution in [0.3, 0.4) is 0 Å². The van der Waals surface area contributed by atoms with E-state index in [1.807, 2.05) is 66.7 Å². The molecule has 0 fully saturated rings. The van der Waals surface area contributed by atoms with Gasteiger partial charge in [-0.05, 0) is 47.5 Å². The van der Waals surface area contributed by atoms with Crippen molar-refractivity contribution in [2.45, 2.75) is 22.4 Å². The molecule has 38 heavy (non-hydrogen) atoms. The molecular weight excluding hydrogens is 518 g/mol. The molecule has 0 bridgehead atoms. The number of halogens is 1. The van der Waals surface area contributed by atoms with E-state index in [2.05, 4.69) is 15.8 Å². The van der Waals surface area contributed by atoms with Crippen LogP contribution in [0.5, 0.6) is 0 Å². The number of carbonyl (C=O) groups is 1. The van der Waals surface area contributed by atoms with Crippen LogP contribution in [-0.2, 0) is 21.2 Å². The van der Waals surface area contributed by atoms with Gasteiger partial charge in [0.05, 0.1) is 15.5 Å². The Morgan fingerprint density at radius 3 is 2.37 bits per heavy atom. The Bertz CT molecular complexity index is 1730. The van der Waals surface area contributed by atoms with Gasteiger partial charge in [-0.15, -0.1) is 0 Å². The normalized spacial score (nSPS) is 18.4. The van der Waals surface area contributed by atoms with Gasteiger partial charge in [0, 0.05) is 33.8 Å². The summed E-state index contributed by atoms with van der Waals surface area (Å²) >= 11 is 6.10. The minimum absolute atomic E-state index is 0.268. The van der Waals surface area contributed by atoms with E-state index in [1.54, 1.807) is 36.4 Å². The molecule has 4 aromatic carbocycles. The summed E-state index contributed by atoms with van der Waals surface area (Å²) in [5, 5.41) is 8.41. The molecular formula is C30H22ClN3O3S. The number of amides is 1. The summed E-state index contributed by atoms with van der Waals surface area (Å²) in [6.45, 7) is 0.472. The average molecular weight is 540 g/mol. The topological polar surface area (TPSA) is 87.6 Å². The largest absolute Gasteiger partial charge is 0.298 e. The average Bonchev–Trinajstić information content (AvgIpc) is 3.16. The molecule has 0 spiro atoms. The van der Waals surface area contributed by atoms with E-state index in [4.69, 9.17) is 11.6 Å². The number of fused-ring (bicyclic) bond motifs is 3. The van der Waals surface area contributed by atoms with Gasteiger partial charge in [0.2, 0.25) is 9.84 Å². The van der Waals surface area contributed by atoms with Crippen molar-refractivity contribution in [2.75, 3.05) is 0 Å². The highest BCUT2D eigenvalue weighted by Gasteiger charge is 2.35. The number of carbonyl (C=O) groups excluding carboxylic acids is 1. The molecule has 2 N–H and O–H groups in total. The van der Waals surface area contributed by atoms with Crippen molar-refractivity contribution in [3.05, 3.63) is 124 Å². The number of hydrogen-bond acceptors (Lipinski definition) is 5. The SMILES string of the molecule is O=C1NN=C(c2ccc3c(c2)-c2ccccc2S3(=O)=O)/C(=C/c2ccc(Cl)cc2)C1NCc1ccccc1. The predicted molar refractivity (Wildman–Crippen MR) is 149 cm³/mol. The van der Waals surface area contributed by atoms with Crippen molar-refractivity contribution in [1.82, 2.24) is 10.7 Å². The summed E-state index contributed by atoms with van der Waals surface area (Å²) in [5.41, 5.74) is 7.74. The second kappa shape index (κ2) is 9.68. The highest BCUT2D eigenvalue weighted by Crippen LogP contribution is 2.43. The second-order valence-corrected chi connectivity index (χ2v) is 11.4. The van der Waals surface area contributed by atoms with Gasteiger partial charge in [-0.1, -0.05) is 78.3 Å². The predicted octanol–water partition coefficient (Wildman–Crippen LogP) is 5.23. The first-order valence-electron chi connectivity index (χ1n) is 12.0. The van der Waals surface area contributed by atoms with Gasteiger partial charge in [-0.3, -0.25) is 10.1 Å². The van der Waals surface area contributed by atoms with Gasteiger partial charge >= 0.3 is 0 Å². The van der Waals surface area contributed by atoms with Gasteiger partial charge in [0.15, 0.2) is 0 Å². The lowest BCUT2D eigenvalue weighted by atomic mass is 9.91. The number of hydrogen-bond donors (Lipinski definition) is 2. The zero-order chi connectivity index (χ0) is 26.3. The monoisotopic (exact) mass is 539 g/mol. The van der Waals surface area contributed by atoms with Crippen LogP contribution in [-0.4, -0.2) is 26.1 Å². The van der Waals surface area contributed by atoms with Crippen LogP contribution >= 0.6 is 11.6 Å². The van der Waals surface area contributed by atoms with Gasteiger partial charge in [0.1, 0.15) is 6.04 Å². The third-order valence-electron chi connectivity index (χ3n) is 6.68. The van der Waals surface area contributed by atoms with Crippen molar-refractivity contribution < 1.29 is 13.2 Å². The van der Waals surface area contributed by atoms with Crippen molar-refractivity contribution in [3.63, 3.8) is 0 Å². The van der Waals surface area contributed by atoms with E-state index in [1.165, 1.54) is 0 Å². The molecule has 1 atom stereocenters. The molecule has 2 heterocycles. The van der Waals surface area contributed by atoms with Crippen LogP contribution in [0.1, 0.15) is 16.7 Å². The quantitative estimate of drug-likeness (QED) is 0.320. The molecule has 8 heteroatoms. The summed E-state index contributed by atoms with van der Waals surface area (Å²) < 4.78 is 26.2. The first-order valence-corrected chi connectivity index (χ1v) is 13.9. The van der Waals surface area contributed by atoms with E-state index in [0.29, 0.717) is 44.4 Å². The van der Waals surface area contributed by atoms with E-state index in [0.717, 1.165) is 11.1 Å². The smallest absolute Gasteiger partial charge is 0.261 e. The lowest BCUT2D eigenvalue weighted by Gasteiger charge is -2.26. The highest BCUT2D eigenvalue weighted by molar-refractivity contribution is 7.92. The molecule has 2 aliphatic rings. The first kappa shape index (κ1) is 24.3. The van der Waals surface area contributed by atoms with Gasteiger partial charge in [-0.2, -0.15) is 5.10 Å². The molecule has 6 rings (SSSR count). The van der Waals surface area contributed by atoms with E-state index >= 15 is 0 Å². The molecule has 2 aliphatic heterocycles. The maximum absolute atomic E-state index is 13.1. The number of sulfone groups is 1. The van der Waals surface area contributed by atoms with Crippen LogP contribution in [0, 0.1) is 0 Å². The minimum Gasteiger partial charge on any atom is -0.298 e. The van der Waals surface area contributed by atoms with Gasteiger partial charge in [-0.25, -0.2) is 13.8 Å². The zero-order valence-electron chi connectivity index (χ0n) is 20.1. The Kier molecular flexibility index (Phi) is 6.19. The van der Waals surface area contributed by atoms with Crippen molar-refractivity contribution in [3.8, 4) is 11.1 Å².